The Kier molecular flexibility index (Phi) is 7.75. The molecule has 1 saturated heterocycles. The molecule has 1 aliphatic rings. The number of carbonyl (C=O) groups excluding carboxylic acids is 1. The van der Waals surface area contributed by atoms with E-state index in [0.29, 0.717) is 43.6 Å². The molecule has 0 bridgehead atoms. The first kappa shape index (κ1) is 24.8. The topological polar surface area (TPSA) is 76.1 Å². The zero-order chi connectivity index (χ0) is 24.9. The number of carboxylic acid groups (broad SMARTS) is 1. The van der Waals surface area contributed by atoms with Crippen LogP contribution in [-0.4, -0.2) is 28.4 Å². The highest BCUT2D eigenvalue weighted by Gasteiger charge is 2.33. The van der Waals surface area contributed by atoms with Crippen molar-refractivity contribution in [2.24, 2.45) is 0 Å². The smallest absolute Gasteiger partial charge is 0.307 e. The molecule has 3 aromatic rings. The van der Waals surface area contributed by atoms with Crippen molar-refractivity contribution < 1.29 is 24.2 Å². The summed E-state index contributed by atoms with van der Waals surface area (Å²) in [5, 5.41) is 9.56. The van der Waals surface area contributed by atoms with Gasteiger partial charge in [-0.1, -0.05) is 72.0 Å². The first-order chi connectivity index (χ1) is 16.9. The van der Waals surface area contributed by atoms with Crippen LogP contribution in [0.15, 0.2) is 71.6 Å². The van der Waals surface area contributed by atoms with E-state index in [1.165, 1.54) is 16.7 Å². The van der Waals surface area contributed by atoms with E-state index in [9.17, 15) is 9.59 Å². The number of ether oxygens (including phenoxy) is 2. The van der Waals surface area contributed by atoms with Crippen LogP contribution in [0, 0.1) is 0 Å². The van der Waals surface area contributed by atoms with E-state index in [1.807, 2.05) is 24.3 Å². The minimum absolute atomic E-state index is 0.0848. The Hall–Kier alpha value is -3.33. The SMILES string of the molecule is COc1cc(/C=C2\SC(=S)N(c3ccc(CC(=O)O)cc3)C2=O)ccc1OCc1ccccc1Cl. The Bertz CT molecular complexity index is 1320. The van der Waals surface area contributed by atoms with Crippen LogP contribution < -0.4 is 14.4 Å². The summed E-state index contributed by atoms with van der Waals surface area (Å²) in [6.45, 7) is 0.291. The van der Waals surface area contributed by atoms with Crippen LogP contribution in [0.3, 0.4) is 0 Å². The fourth-order valence-corrected chi connectivity index (χ4v) is 4.93. The number of aliphatic carboxylic acids is 1. The van der Waals surface area contributed by atoms with Crippen LogP contribution in [0.5, 0.6) is 11.5 Å². The molecule has 0 aromatic heterocycles. The predicted octanol–water partition coefficient (Wildman–Crippen LogP) is 5.96. The molecule has 1 fully saturated rings. The molecule has 1 amide bonds. The fourth-order valence-electron chi connectivity index (χ4n) is 3.44. The van der Waals surface area contributed by atoms with Crippen molar-refractivity contribution in [2.45, 2.75) is 13.0 Å². The van der Waals surface area contributed by atoms with Gasteiger partial charge in [-0.3, -0.25) is 14.5 Å². The second-order valence-corrected chi connectivity index (χ2v) is 9.63. The number of hydrogen-bond donors (Lipinski definition) is 1. The van der Waals surface area contributed by atoms with Gasteiger partial charge >= 0.3 is 5.97 Å². The highest BCUT2D eigenvalue weighted by atomic mass is 35.5. The molecule has 0 saturated carbocycles. The number of thiocarbonyl (C=S) groups is 1. The van der Waals surface area contributed by atoms with Crippen LogP contribution in [0.4, 0.5) is 5.69 Å². The van der Waals surface area contributed by atoms with E-state index in [1.54, 1.807) is 55.7 Å². The van der Waals surface area contributed by atoms with Crippen molar-refractivity contribution >= 4 is 63.5 Å². The van der Waals surface area contributed by atoms with Crippen LogP contribution in [0.2, 0.25) is 5.02 Å². The van der Waals surface area contributed by atoms with Crippen molar-refractivity contribution in [3.05, 3.63) is 93.3 Å². The van der Waals surface area contributed by atoms with E-state index in [4.69, 9.17) is 38.4 Å². The maximum Gasteiger partial charge on any atom is 0.307 e. The monoisotopic (exact) mass is 525 g/mol. The van der Waals surface area contributed by atoms with E-state index < -0.39 is 5.97 Å². The third-order valence-corrected chi connectivity index (χ3v) is 6.84. The molecule has 3 aromatic carbocycles. The quantitative estimate of drug-likeness (QED) is 0.287. The van der Waals surface area contributed by atoms with E-state index in [0.717, 1.165) is 11.1 Å². The first-order valence-corrected chi connectivity index (χ1v) is 12.1. The minimum Gasteiger partial charge on any atom is -0.493 e. The van der Waals surface area contributed by atoms with Crippen molar-refractivity contribution in [3.63, 3.8) is 0 Å². The highest BCUT2D eigenvalue weighted by molar-refractivity contribution is 8.27. The summed E-state index contributed by atoms with van der Waals surface area (Å²) in [7, 11) is 1.55. The second-order valence-electron chi connectivity index (χ2n) is 7.54. The van der Waals surface area contributed by atoms with E-state index >= 15 is 0 Å². The summed E-state index contributed by atoms with van der Waals surface area (Å²) in [4.78, 5) is 25.9. The van der Waals surface area contributed by atoms with E-state index in [2.05, 4.69) is 0 Å². The zero-order valence-corrected chi connectivity index (χ0v) is 21.0. The van der Waals surface area contributed by atoms with Crippen LogP contribution in [0.1, 0.15) is 16.7 Å². The molecule has 0 atom stereocenters. The number of rotatable bonds is 8. The normalized spacial score (nSPS) is 14.5. The standard InChI is InChI=1S/C26H20ClNO5S2/c1-32-22-12-17(8-11-21(22)33-15-18-4-2-3-5-20(18)27)13-23-25(31)28(26(34)35-23)19-9-6-16(7-10-19)14-24(29)30/h2-13H,14-15H2,1H3,(H,29,30)/b23-13-. The third kappa shape index (κ3) is 5.85. The minimum atomic E-state index is -0.915. The molecule has 178 valence electrons. The number of methoxy groups -OCH3 is 1. The zero-order valence-electron chi connectivity index (χ0n) is 18.6. The first-order valence-electron chi connectivity index (χ1n) is 10.5. The summed E-state index contributed by atoms with van der Waals surface area (Å²) < 4.78 is 11.8. The van der Waals surface area contributed by atoms with Gasteiger partial charge in [-0.05, 0) is 47.5 Å². The van der Waals surface area contributed by atoms with Crippen molar-refractivity contribution in [1.29, 1.82) is 0 Å². The molecule has 1 N–H and O–H groups in total. The summed E-state index contributed by atoms with van der Waals surface area (Å²) in [5.41, 5.74) is 2.85. The molecule has 1 aliphatic heterocycles. The molecule has 4 rings (SSSR count). The highest BCUT2D eigenvalue weighted by Crippen LogP contribution is 2.37. The summed E-state index contributed by atoms with van der Waals surface area (Å²) in [5.74, 6) is -0.0835. The molecule has 0 radical (unpaired) electrons. The number of carbonyl (C=O) groups is 2. The van der Waals surface area contributed by atoms with Crippen LogP contribution >= 0.6 is 35.6 Å². The number of amides is 1. The van der Waals surface area contributed by atoms with Gasteiger partial charge in [0, 0.05) is 10.6 Å². The van der Waals surface area contributed by atoms with Gasteiger partial charge in [0.25, 0.3) is 5.91 Å². The lowest BCUT2D eigenvalue weighted by molar-refractivity contribution is -0.136. The van der Waals surface area contributed by atoms with Gasteiger partial charge in [0.15, 0.2) is 15.8 Å². The van der Waals surface area contributed by atoms with Crippen LogP contribution in [0.25, 0.3) is 6.08 Å². The molecule has 0 aliphatic carbocycles. The lowest BCUT2D eigenvalue weighted by Gasteiger charge is -2.14. The Morgan fingerprint density at radius 2 is 1.86 bits per heavy atom. The Balaban J connectivity index is 1.51. The van der Waals surface area contributed by atoms with Gasteiger partial charge in [0.05, 0.1) is 24.1 Å². The average Bonchev–Trinajstić information content (AvgIpc) is 3.11. The molecule has 9 heteroatoms. The van der Waals surface area contributed by atoms with Gasteiger partial charge in [0.1, 0.15) is 6.61 Å². The van der Waals surface area contributed by atoms with Gasteiger partial charge in [-0.15, -0.1) is 0 Å². The number of hydrogen-bond acceptors (Lipinski definition) is 6. The molecular formula is C26H20ClNO5S2. The van der Waals surface area contributed by atoms with Gasteiger partial charge in [-0.25, -0.2) is 0 Å². The molecule has 0 spiro atoms. The van der Waals surface area contributed by atoms with Gasteiger partial charge in [-0.2, -0.15) is 0 Å². The van der Waals surface area contributed by atoms with Crippen molar-refractivity contribution in [2.75, 3.05) is 12.0 Å². The van der Waals surface area contributed by atoms with Crippen molar-refractivity contribution in [3.8, 4) is 11.5 Å². The lowest BCUT2D eigenvalue weighted by Crippen LogP contribution is -2.27. The Morgan fingerprint density at radius 1 is 1.11 bits per heavy atom. The molecule has 0 unspecified atom stereocenters. The van der Waals surface area contributed by atoms with Gasteiger partial charge in [0.2, 0.25) is 0 Å². The predicted molar refractivity (Wildman–Crippen MR) is 142 cm³/mol. The number of thioether (sulfide) groups is 1. The second kappa shape index (κ2) is 10.9. The summed E-state index contributed by atoms with van der Waals surface area (Å²) in [6.07, 6.45) is 1.66. The number of halogens is 1. The van der Waals surface area contributed by atoms with Crippen LogP contribution in [-0.2, 0) is 22.6 Å². The maximum absolute atomic E-state index is 13.1. The third-order valence-electron chi connectivity index (χ3n) is 5.17. The average molecular weight is 526 g/mol. The number of carboxylic acids is 1. The lowest BCUT2D eigenvalue weighted by atomic mass is 10.1. The molecule has 1 heterocycles. The molecular weight excluding hydrogens is 506 g/mol. The number of benzene rings is 3. The largest absolute Gasteiger partial charge is 0.493 e. The van der Waals surface area contributed by atoms with Gasteiger partial charge < -0.3 is 14.6 Å². The fraction of sp³-hybridized carbons (Fsp3) is 0.115. The maximum atomic E-state index is 13.1. The molecule has 35 heavy (non-hydrogen) atoms. The Labute approximate surface area is 217 Å². The van der Waals surface area contributed by atoms with Crippen molar-refractivity contribution in [1.82, 2.24) is 0 Å². The number of anilines is 1. The molecule has 6 nitrogen and oxygen atoms in total. The Morgan fingerprint density at radius 3 is 2.54 bits per heavy atom. The number of nitrogens with zero attached hydrogens (tertiary/aromatic N) is 1. The summed E-state index contributed by atoms with van der Waals surface area (Å²) >= 11 is 12.8. The summed E-state index contributed by atoms with van der Waals surface area (Å²) in [6, 6.07) is 19.6. The van der Waals surface area contributed by atoms with E-state index in [-0.39, 0.29) is 12.3 Å².